The van der Waals surface area contributed by atoms with Gasteiger partial charge in [-0.25, -0.2) is 5.21 Å². The highest BCUT2D eigenvalue weighted by Crippen LogP contribution is 2.36. The molecule has 92 valence electrons. The Morgan fingerprint density at radius 3 is 2.00 bits per heavy atom. The third-order valence-corrected chi connectivity index (χ3v) is 4.42. The standard InChI is InChI=1S/C14H21N2O/c1-13(2)14(3,4)16(17)12(15(13)5)11-9-7-6-8-10-11/h6-10,17H,1-5H3/q+1. The topological polar surface area (TPSA) is 26.5 Å². The highest BCUT2D eigenvalue weighted by molar-refractivity contribution is 5.95. The number of nitrogens with zero attached hydrogens (tertiary/aromatic N) is 2. The summed E-state index contributed by atoms with van der Waals surface area (Å²) < 4.78 is 2.14. The molecule has 1 heterocycles. The molecule has 1 aromatic carbocycles. The first kappa shape index (κ1) is 12.1. The van der Waals surface area contributed by atoms with E-state index in [0.29, 0.717) is 0 Å². The molecule has 1 aliphatic heterocycles. The van der Waals surface area contributed by atoms with Crippen LogP contribution < -0.4 is 0 Å². The molecule has 0 fully saturated rings. The van der Waals surface area contributed by atoms with Gasteiger partial charge in [-0.3, -0.25) is 4.58 Å². The number of hydrogen-bond donors (Lipinski definition) is 1. The van der Waals surface area contributed by atoms with E-state index in [1.807, 2.05) is 37.4 Å². The predicted octanol–water partition coefficient (Wildman–Crippen LogP) is 2.34. The smallest absolute Gasteiger partial charge is 0.252 e. The molecular formula is C14H21N2O+. The largest absolute Gasteiger partial charge is 0.310 e. The molecule has 0 radical (unpaired) electrons. The number of hydroxylamine groups is 2. The first-order valence-electron chi connectivity index (χ1n) is 5.95. The fraction of sp³-hybridized carbons (Fsp3) is 0.500. The van der Waals surface area contributed by atoms with Crippen LogP contribution in [0.1, 0.15) is 33.3 Å². The van der Waals surface area contributed by atoms with Crippen molar-refractivity contribution >= 4 is 5.84 Å². The molecule has 1 N–H and O–H groups in total. The molecule has 1 aromatic rings. The Balaban J connectivity index is 2.59. The van der Waals surface area contributed by atoms with Gasteiger partial charge in [0.25, 0.3) is 0 Å². The molecule has 0 saturated heterocycles. The molecule has 1 aliphatic rings. The maximum Gasteiger partial charge on any atom is 0.310 e. The van der Waals surface area contributed by atoms with Gasteiger partial charge in [0.05, 0.1) is 12.6 Å². The summed E-state index contributed by atoms with van der Waals surface area (Å²) >= 11 is 0. The van der Waals surface area contributed by atoms with Gasteiger partial charge in [0.2, 0.25) is 0 Å². The minimum atomic E-state index is -0.326. The quantitative estimate of drug-likeness (QED) is 0.754. The Morgan fingerprint density at radius 1 is 1.06 bits per heavy atom. The van der Waals surface area contributed by atoms with Gasteiger partial charge in [0.1, 0.15) is 5.54 Å². The summed E-state index contributed by atoms with van der Waals surface area (Å²) in [4.78, 5) is 0. The third kappa shape index (κ3) is 1.49. The fourth-order valence-electron chi connectivity index (χ4n) is 2.24. The third-order valence-electron chi connectivity index (χ3n) is 4.42. The van der Waals surface area contributed by atoms with Gasteiger partial charge in [0.15, 0.2) is 5.54 Å². The summed E-state index contributed by atoms with van der Waals surface area (Å²) in [7, 11) is 2.03. The summed E-state index contributed by atoms with van der Waals surface area (Å²) in [6.07, 6.45) is 0. The predicted molar refractivity (Wildman–Crippen MR) is 68.5 cm³/mol. The molecule has 3 nitrogen and oxygen atoms in total. The van der Waals surface area contributed by atoms with E-state index in [4.69, 9.17) is 0 Å². The lowest BCUT2D eigenvalue weighted by Gasteiger charge is -2.31. The summed E-state index contributed by atoms with van der Waals surface area (Å²) in [5.41, 5.74) is 0.580. The Kier molecular flexibility index (Phi) is 2.54. The van der Waals surface area contributed by atoms with Crippen LogP contribution in [0.4, 0.5) is 0 Å². The normalized spacial score (nSPS) is 22.1. The molecular weight excluding hydrogens is 212 g/mol. The van der Waals surface area contributed by atoms with E-state index in [1.54, 1.807) is 0 Å². The Bertz CT molecular complexity index is 460. The van der Waals surface area contributed by atoms with Crippen LogP contribution in [-0.2, 0) is 0 Å². The molecule has 0 saturated carbocycles. The van der Waals surface area contributed by atoms with E-state index in [2.05, 4.69) is 32.3 Å². The average Bonchev–Trinajstić information content (AvgIpc) is 2.40. The van der Waals surface area contributed by atoms with Gasteiger partial charge in [-0.05, 0) is 39.8 Å². The van der Waals surface area contributed by atoms with Crippen molar-refractivity contribution in [2.24, 2.45) is 0 Å². The Morgan fingerprint density at radius 2 is 1.59 bits per heavy atom. The van der Waals surface area contributed by atoms with Gasteiger partial charge < -0.3 is 0 Å². The summed E-state index contributed by atoms with van der Waals surface area (Å²) in [6, 6.07) is 10.0. The van der Waals surface area contributed by atoms with Crippen LogP contribution in [-0.4, -0.2) is 38.8 Å². The van der Waals surface area contributed by atoms with Crippen LogP contribution in [0.5, 0.6) is 0 Å². The van der Waals surface area contributed by atoms with Crippen LogP contribution in [0.25, 0.3) is 0 Å². The lowest BCUT2D eigenvalue weighted by Crippen LogP contribution is -2.53. The molecule has 17 heavy (non-hydrogen) atoms. The van der Waals surface area contributed by atoms with Crippen molar-refractivity contribution in [1.29, 1.82) is 0 Å². The van der Waals surface area contributed by atoms with Crippen LogP contribution in [0.2, 0.25) is 0 Å². The number of likely N-dealkylation sites (N-methyl/N-ethyl adjacent to an activating group) is 1. The van der Waals surface area contributed by atoms with Gasteiger partial charge in [0, 0.05) is 0 Å². The second-order valence-corrected chi connectivity index (χ2v) is 5.68. The van der Waals surface area contributed by atoms with Crippen LogP contribution >= 0.6 is 0 Å². The number of benzene rings is 1. The second-order valence-electron chi connectivity index (χ2n) is 5.68. The van der Waals surface area contributed by atoms with E-state index in [9.17, 15) is 5.21 Å². The highest BCUT2D eigenvalue weighted by atomic mass is 16.5. The van der Waals surface area contributed by atoms with Crippen molar-refractivity contribution in [1.82, 2.24) is 5.06 Å². The first-order chi connectivity index (χ1) is 7.80. The van der Waals surface area contributed by atoms with E-state index < -0.39 is 0 Å². The zero-order valence-corrected chi connectivity index (χ0v) is 11.2. The number of amidine groups is 1. The van der Waals surface area contributed by atoms with Crippen molar-refractivity contribution < 1.29 is 9.78 Å². The van der Waals surface area contributed by atoms with Crippen LogP contribution in [0.15, 0.2) is 30.3 Å². The molecule has 2 rings (SSSR count). The zero-order chi connectivity index (χ0) is 12.8. The van der Waals surface area contributed by atoms with Crippen molar-refractivity contribution in [3.8, 4) is 0 Å². The zero-order valence-electron chi connectivity index (χ0n) is 11.2. The maximum atomic E-state index is 10.4. The SMILES string of the molecule is C[N+]1=C(c2ccccc2)N(O)C(C)(C)C1(C)C. The molecule has 0 aromatic heterocycles. The average molecular weight is 233 g/mol. The van der Waals surface area contributed by atoms with E-state index >= 15 is 0 Å². The van der Waals surface area contributed by atoms with E-state index in [0.717, 1.165) is 11.4 Å². The second kappa shape index (κ2) is 3.57. The number of rotatable bonds is 1. The van der Waals surface area contributed by atoms with Crippen LogP contribution in [0, 0.1) is 0 Å². The highest BCUT2D eigenvalue weighted by Gasteiger charge is 2.59. The molecule has 0 aliphatic carbocycles. The first-order valence-corrected chi connectivity index (χ1v) is 5.95. The van der Waals surface area contributed by atoms with Gasteiger partial charge in [-0.1, -0.05) is 18.2 Å². The van der Waals surface area contributed by atoms with Crippen molar-refractivity contribution in [2.45, 2.75) is 38.8 Å². The summed E-state index contributed by atoms with van der Waals surface area (Å²) in [5.74, 6) is 0.862. The van der Waals surface area contributed by atoms with Gasteiger partial charge >= 0.3 is 5.84 Å². The molecule has 0 amide bonds. The van der Waals surface area contributed by atoms with E-state index in [1.165, 1.54) is 5.06 Å². The van der Waals surface area contributed by atoms with Crippen molar-refractivity contribution in [3.05, 3.63) is 35.9 Å². The minimum absolute atomic E-state index is 0.132. The Hall–Kier alpha value is -1.35. The lowest BCUT2D eigenvalue weighted by atomic mass is 9.83. The Labute approximate surface area is 103 Å². The van der Waals surface area contributed by atoms with Crippen LogP contribution in [0.3, 0.4) is 0 Å². The van der Waals surface area contributed by atoms with Gasteiger partial charge in [-0.2, -0.15) is 0 Å². The van der Waals surface area contributed by atoms with E-state index in [-0.39, 0.29) is 11.1 Å². The molecule has 0 unspecified atom stereocenters. The maximum absolute atomic E-state index is 10.4. The summed E-state index contributed by atoms with van der Waals surface area (Å²) in [5, 5.41) is 11.8. The minimum Gasteiger partial charge on any atom is -0.252 e. The monoisotopic (exact) mass is 233 g/mol. The van der Waals surface area contributed by atoms with Crippen molar-refractivity contribution in [2.75, 3.05) is 7.05 Å². The molecule has 0 atom stereocenters. The number of hydrogen-bond acceptors (Lipinski definition) is 2. The molecule has 0 bridgehead atoms. The molecule has 0 spiro atoms. The molecule has 3 heteroatoms. The summed E-state index contributed by atoms with van der Waals surface area (Å²) in [6.45, 7) is 8.40. The van der Waals surface area contributed by atoms with Gasteiger partial charge in [-0.15, -0.1) is 5.06 Å². The lowest BCUT2D eigenvalue weighted by molar-refractivity contribution is -0.573. The van der Waals surface area contributed by atoms with Crippen molar-refractivity contribution in [3.63, 3.8) is 0 Å². The fourth-order valence-corrected chi connectivity index (χ4v) is 2.24.